The summed E-state index contributed by atoms with van der Waals surface area (Å²) in [6.45, 7) is 0. The first-order valence-electron chi connectivity index (χ1n) is 5.90. The Balaban J connectivity index is 1.86. The summed E-state index contributed by atoms with van der Waals surface area (Å²) in [5, 5.41) is 9.87. The van der Waals surface area contributed by atoms with E-state index in [1.165, 1.54) is 28.7 Å². The molecular weight excluding hydrogens is 266 g/mol. The fourth-order valence-corrected chi connectivity index (χ4v) is 4.35. The molecule has 0 aromatic heterocycles. The van der Waals surface area contributed by atoms with Crippen molar-refractivity contribution in [2.24, 2.45) is 15.9 Å². The third-order valence-electron chi connectivity index (χ3n) is 3.21. The Hall–Kier alpha value is -1.06. The maximum atomic E-state index is 12.1. The lowest BCUT2D eigenvalue weighted by molar-refractivity contribution is -0.118. The van der Waals surface area contributed by atoms with Crippen molar-refractivity contribution >= 4 is 39.6 Å². The van der Waals surface area contributed by atoms with Crippen molar-refractivity contribution < 1.29 is 4.79 Å². The molecular formula is C12H11N3OS2. The van der Waals surface area contributed by atoms with Crippen LogP contribution in [-0.4, -0.2) is 21.9 Å². The van der Waals surface area contributed by atoms with E-state index >= 15 is 0 Å². The van der Waals surface area contributed by atoms with Gasteiger partial charge >= 0.3 is 0 Å². The molecule has 0 aromatic rings. The Bertz CT molecular complexity index is 542. The van der Waals surface area contributed by atoms with E-state index in [9.17, 15) is 4.79 Å². The number of carbonyl (C=O) groups is 1. The molecule has 1 amide bonds. The number of hydrogen-bond acceptors (Lipinski definition) is 5. The summed E-state index contributed by atoms with van der Waals surface area (Å²) in [6, 6.07) is 2.02. The second-order valence-corrected chi connectivity index (χ2v) is 6.38. The largest absolute Gasteiger partial charge is 0.271 e. The van der Waals surface area contributed by atoms with Gasteiger partial charge in [-0.3, -0.25) is 4.79 Å². The van der Waals surface area contributed by atoms with Crippen molar-refractivity contribution in [3.63, 3.8) is 0 Å². The van der Waals surface area contributed by atoms with Crippen LogP contribution in [0.4, 0.5) is 0 Å². The van der Waals surface area contributed by atoms with E-state index in [-0.39, 0.29) is 17.6 Å². The van der Waals surface area contributed by atoms with Crippen molar-refractivity contribution in [3.8, 4) is 6.07 Å². The Morgan fingerprint density at radius 3 is 3.06 bits per heavy atom. The lowest BCUT2D eigenvalue weighted by Gasteiger charge is -2.17. The van der Waals surface area contributed by atoms with Crippen LogP contribution < -0.4 is 0 Å². The van der Waals surface area contributed by atoms with Gasteiger partial charge in [-0.15, -0.1) is 0 Å². The molecule has 1 aliphatic carbocycles. The highest BCUT2D eigenvalue weighted by Gasteiger charge is 2.40. The van der Waals surface area contributed by atoms with Crippen LogP contribution in [0.3, 0.4) is 0 Å². The molecule has 3 rings (SSSR count). The highest BCUT2D eigenvalue weighted by Crippen LogP contribution is 2.47. The molecule has 92 valence electrons. The Morgan fingerprint density at radius 1 is 1.39 bits per heavy atom. The quantitative estimate of drug-likeness (QED) is 0.739. The van der Waals surface area contributed by atoms with E-state index in [2.05, 4.69) is 9.98 Å². The number of allylic oxidation sites excluding steroid dienone is 1. The number of fused-ring (bicyclic) bond motifs is 2. The second-order valence-electron chi connectivity index (χ2n) is 4.32. The molecule has 0 saturated carbocycles. The molecule has 0 fully saturated rings. The number of amidine groups is 1. The van der Waals surface area contributed by atoms with Gasteiger partial charge in [0.2, 0.25) is 0 Å². The molecule has 1 unspecified atom stereocenters. The summed E-state index contributed by atoms with van der Waals surface area (Å²) in [7, 11) is 0. The third-order valence-corrected chi connectivity index (χ3v) is 5.17. The lowest BCUT2D eigenvalue weighted by Crippen LogP contribution is -2.25. The molecule has 0 aromatic carbocycles. The Labute approximate surface area is 114 Å². The van der Waals surface area contributed by atoms with Crippen LogP contribution in [0.15, 0.2) is 20.5 Å². The van der Waals surface area contributed by atoms with Gasteiger partial charge < -0.3 is 0 Å². The van der Waals surface area contributed by atoms with Gasteiger partial charge in [0.25, 0.3) is 5.91 Å². The summed E-state index contributed by atoms with van der Waals surface area (Å²) in [6.07, 6.45) is 4.45. The van der Waals surface area contributed by atoms with Gasteiger partial charge in [0.1, 0.15) is 5.92 Å². The van der Waals surface area contributed by atoms with Crippen LogP contribution in [0.25, 0.3) is 0 Å². The Morgan fingerprint density at radius 2 is 2.22 bits per heavy atom. The van der Waals surface area contributed by atoms with E-state index < -0.39 is 0 Å². The monoisotopic (exact) mass is 277 g/mol. The number of nitriles is 1. The zero-order chi connectivity index (χ0) is 12.5. The molecule has 18 heavy (non-hydrogen) atoms. The van der Waals surface area contributed by atoms with Gasteiger partial charge in [-0.2, -0.15) is 10.3 Å². The molecule has 0 radical (unpaired) electrons. The highest BCUT2D eigenvalue weighted by atomic mass is 32.2. The van der Waals surface area contributed by atoms with E-state index in [4.69, 9.17) is 5.26 Å². The van der Waals surface area contributed by atoms with Gasteiger partial charge in [-0.1, -0.05) is 23.5 Å². The average molecular weight is 277 g/mol. The zero-order valence-electron chi connectivity index (χ0n) is 9.68. The summed E-state index contributed by atoms with van der Waals surface area (Å²) >= 11 is 2.88. The average Bonchev–Trinajstić information content (AvgIpc) is 2.74. The van der Waals surface area contributed by atoms with E-state index in [1.807, 2.05) is 6.07 Å². The maximum Gasteiger partial charge on any atom is 0.262 e. The van der Waals surface area contributed by atoms with E-state index in [1.54, 1.807) is 11.8 Å². The fraction of sp³-hybridized carbons (Fsp3) is 0.500. The topological polar surface area (TPSA) is 65.6 Å². The van der Waals surface area contributed by atoms with Crippen molar-refractivity contribution in [1.82, 2.24) is 0 Å². The van der Waals surface area contributed by atoms with Crippen molar-refractivity contribution in [3.05, 3.63) is 10.5 Å². The van der Waals surface area contributed by atoms with Gasteiger partial charge in [0.15, 0.2) is 5.17 Å². The third kappa shape index (κ3) is 2.02. The van der Waals surface area contributed by atoms with Crippen LogP contribution >= 0.6 is 23.5 Å². The molecule has 3 aliphatic rings. The first kappa shape index (κ1) is 12.0. The fourth-order valence-electron chi connectivity index (χ4n) is 2.44. The number of carbonyl (C=O) groups excluding carboxylic acids is 1. The van der Waals surface area contributed by atoms with Gasteiger partial charge in [0, 0.05) is 0 Å². The molecule has 2 aliphatic heterocycles. The molecule has 0 saturated heterocycles. The zero-order valence-corrected chi connectivity index (χ0v) is 11.3. The first-order valence-corrected chi connectivity index (χ1v) is 7.70. The smallest absolute Gasteiger partial charge is 0.262 e. The second kappa shape index (κ2) is 4.90. The lowest BCUT2D eigenvalue weighted by atomic mass is 9.89. The number of thioether (sulfide) groups is 2. The van der Waals surface area contributed by atoms with Gasteiger partial charge in [-0.25, -0.2) is 4.99 Å². The SMILES string of the molecule is N#CCSC1=NC(=O)C2C(=N1)SC1=C2CCCC1. The number of amides is 1. The molecule has 1 atom stereocenters. The minimum atomic E-state index is -0.197. The summed E-state index contributed by atoms with van der Waals surface area (Å²) in [5.74, 6) is -0.0117. The van der Waals surface area contributed by atoms with Crippen molar-refractivity contribution in [1.29, 1.82) is 5.26 Å². The summed E-state index contributed by atoms with van der Waals surface area (Å²) < 4.78 is 0. The van der Waals surface area contributed by atoms with Crippen LogP contribution in [0.1, 0.15) is 25.7 Å². The highest BCUT2D eigenvalue weighted by molar-refractivity contribution is 8.18. The van der Waals surface area contributed by atoms with E-state index in [0.717, 1.165) is 24.3 Å². The molecule has 0 bridgehead atoms. The van der Waals surface area contributed by atoms with E-state index in [0.29, 0.717) is 5.17 Å². The summed E-state index contributed by atoms with van der Waals surface area (Å²) in [5.41, 5.74) is 1.25. The molecule has 6 heteroatoms. The number of nitrogens with zero attached hydrogens (tertiary/aromatic N) is 3. The molecule has 2 heterocycles. The summed E-state index contributed by atoms with van der Waals surface area (Å²) in [4.78, 5) is 21.9. The van der Waals surface area contributed by atoms with Gasteiger partial charge in [0.05, 0.1) is 16.9 Å². The number of aliphatic imine (C=N–C) groups is 2. The molecule has 0 spiro atoms. The van der Waals surface area contributed by atoms with Crippen LogP contribution in [0, 0.1) is 17.2 Å². The predicted molar refractivity (Wildman–Crippen MR) is 74.5 cm³/mol. The standard InChI is InChI=1S/C12H11N3OS2/c13-5-6-17-12-14-10(16)9-7-3-1-2-4-8(7)18-11(9)15-12/h9H,1-4,6H2. The van der Waals surface area contributed by atoms with Crippen LogP contribution in [0.2, 0.25) is 0 Å². The number of rotatable bonds is 1. The first-order chi connectivity index (χ1) is 8.79. The predicted octanol–water partition coefficient (Wildman–Crippen LogP) is 2.73. The minimum Gasteiger partial charge on any atom is -0.271 e. The van der Waals surface area contributed by atoms with Crippen LogP contribution in [0.5, 0.6) is 0 Å². The van der Waals surface area contributed by atoms with Gasteiger partial charge in [-0.05, 0) is 36.2 Å². The van der Waals surface area contributed by atoms with Crippen molar-refractivity contribution in [2.75, 3.05) is 5.75 Å². The maximum absolute atomic E-state index is 12.1. The minimum absolute atomic E-state index is 0.0974. The van der Waals surface area contributed by atoms with Crippen LogP contribution in [-0.2, 0) is 4.79 Å². The van der Waals surface area contributed by atoms with Crippen molar-refractivity contribution in [2.45, 2.75) is 25.7 Å². The number of hydrogen-bond donors (Lipinski definition) is 0. The Kier molecular flexibility index (Phi) is 3.27. The molecule has 4 nitrogen and oxygen atoms in total. The normalized spacial score (nSPS) is 26.2. The molecule has 0 N–H and O–H groups in total.